The van der Waals surface area contributed by atoms with Crippen molar-refractivity contribution < 1.29 is 191 Å². The van der Waals surface area contributed by atoms with Crippen LogP contribution >= 0.6 is 0 Å². The lowest BCUT2D eigenvalue weighted by atomic mass is 9.94. The highest BCUT2D eigenvalue weighted by molar-refractivity contribution is 6.74. The molecule has 16 N–H and O–H groups in total. The summed E-state index contributed by atoms with van der Waals surface area (Å²) in [4.78, 5) is 27.9. The summed E-state index contributed by atoms with van der Waals surface area (Å²) in [6, 6.07) is -2.83. The first-order valence-electron chi connectivity index (χ1n) is 49.9. The Balaban J connectivity index is -0.0000000486. The molecule has 2 amide bonds. The molecule has 24 atom stereocenters. The van der Waals surface area contributed by atoms with Crippen molar-refractivity contribution >= 4 is 28.4 Å². The molecule has 28 nitrogen and oxygen atoms in total. The summed E-state index contributed by atoms with van der Waals surface area (Å²) >= 11 is 0. The van der Waals surface area contributed by atoms with Gasteiger partial charge < -0.3 is 129 Å². The van der Waals surface area contributed by atoms with E-state index in [0.29, 0.717) is 12.8 Å². The Labute approximate surface area is 946 Å². The molecule has 880 valence electrons. The third-order valence-corrected chi connectivity index (χ3v) is 33.1. The summed E-state index contributed by atoms with van der Waals surface area (Å²) in [5, 5.41) is 152. The summed E-state index contributed by atoms with van der Waals surface area (Å²) in [5.41, 5.74) is 0. The third kappa shape index (κ3) is 51.3. The first-order valence-corrected chi connectivity index (χ1v) is 55.7. The van der Waals surface area contributed by atoms with Crippen LogP contribution < -0.4 is 10.6 Å². The van der Waals surface area contributed by atoms with Gasteiger partial charge in [-0.3, -0.25) is 9.59 Å². The first-order chi connectivity index (χ1) is 70.4. The number of rotatable bonds is 46. The highest BCUT2D eigenvalue weighted by Crippen LogP contribution is 2.45. The Morgan fingerprint density at radius 2 is 0.716 bits per heavy atom. The average molecular weight is 2150 g/mol. The fraction of sp³-hybridized carbons (Fsp3) is 0.610. The van der Waals surface area contributed by atoms with E-state index in [-0.39, 0.29) is 85.9 Å². The largest absolute Gasteiger partial charge is 0.411 e. The zero-order valence-corrected chi connectivity index (χ0v) is 90.4. The molecule has 148 heavy (non-hydrogen) atoms. The quantitative estimate of drug-likeness (QED) is 0.0153. The monoisotopic (exact) mass is 2150 g/mol. The fourth-order valence-corrected chi connectivity index (χ4v) is 16.8. The van der Waals surface area contributed by atoms with Gasteiger partial charge in [-0.2, -0.15) is 0 Å². The van der Waals surface area contributed by atoms with Crippen molar-refractivity contribution in [3.8, 4) is 260 Å². The maximum atomic E-state index is 14.9. The van der Waals surface area contributed by atoms with E-state index in [9.17, 15) is 81.1 Å². The normalized spacial score (nSPS) is 22.1. The molecule has 0 bridgehead atoms. The Morgan fingerprint density at radius 1 is 0.385 bits per heavy atom. The van der Waals surface area contributed by atoms with Crippen LogP contribution in [-0.4, -0.2) is 285 Å². The molecule has 4 saturated heterocycles. The Hall–Kier alpha value is -11.3. The van der Waals surface area contributed by atoms with Gasteiger partial charge in [0.25, 0.3) is 11.8 Å². The van der Waals surface area contributed by atoms with Crippen molar-refractivity contribution in [2.75, 3.05) is 26.4 Å². The minimum Gasteiger partial charge on any atom is -0.411 e. The maximum Gasteiger partial charge on any atom is 0.253 e. The van der Waals surface area contributed by atoms with Crippen molar-refractivity contribution in [2.24, 2.45) is 0 Å². The van der Waals surface area contributed by atoms with E-state index < -0.39 is 207 Å². The van der Waals surface area contributed by atoms with Crippen LogP contribution in [0.4, 0.5) is 0 Å². The molecule has 4 aliphatic rings. The summed E-state index contributed by atoms with van der Waals surface area (Å²) in [6.45, 7) is 34.1. The molecule has 30 heteroatoms. The topological polar surface area (TPSA) is 434 Å². The van der Waals surface area contributed by atoms with Gasteiger partial charge >= 0.3 is 0 Å². The number of nitrogens with one attached hydrogen (secondary N) is 2. The van der Waals surface area contributed by atoms with Gasteiger partial charge in [0.2, 0.25) is 0 Å². The van der Waals surface area contributed by atoms with Crippen LogP contribution in [0.2, 0.25) is 36.3 Å². The van der Waals surface area contributed by atoms with Gasteiger partial charge in [0, 0.05) is 110 Å². The molecule has 0 aromatic rings. The zero-order valence-electron chi connectivity index (χ0n) is 88.4. The number of hydrogen-bond acceptors (Lipinski definition) is 26. The number of unbranched alkanes of at least 4 members (excludes halogenated alkanes) is 18. The van der Waals surface area contributed by atoms with E-state index in [1.54, 1.807) is 41.5 Å². The second kappa shape index (κ2) is 72.2. The van der Waals surface area contributed by atoms with E-state index in [2.05, 4.69) is 353 Å². The first kappa shape index (κ1) is 131. The minimum absolute atomic E-state index is 0. The van der Waals surface area contributed by atoms with Crippen LogP contribution in [-0.2, 0) is 56.3 Å². The van der Waals surface area contributed by atoms with Crippen LogP contribution in [0.5, 0.6) is 0 Å². The molecule has 0 spiro atoms. The molecule has 0 saturated carbocycles. The molecule has 4 rings (SSSR count). The molecule has 0 radical (unpaired) electrons. The highest BCUT2D eigenvalue weighted by atomic mass is 28.4. The Morgan fingerprint density at radius 3 is 1.09 bits per heavy atom. The molecule has 4 heterocycles. The van der Waals surface area contributed by atoms with Crippen molar-refractivity contribution in [2.45, 2.75) is 433 Å². The van der Waals surface area contributed by atoms with Gasteiger partial charge in [0.05, 0.1) is 56.8 Å². The number of ether oxygens (including phenoxy) is 8. The molecule has 0 aliphatic carbocycles. The zero-order chi connectivity index (χ0) is 110. The lowest BCUT2D eigenvalue weighted by Gasteiger charge is -2.47. The predicted octanol–water partition coefficient (Wildman–Crippen LogP) is 16.1. The average Bonchev–Trinajstić information content (AvgIpc) is 1.60. The fourth-order valence-electron chi connectivity index (χ4n) is 14.1. The van der Waals surface area contributed by atoms with E-state index in [1.165, 1.54) is 70.6 Å². The van der Waals surface area contributed by atoms with Gasteiger partial charge in [0.15, 0.2) is 65.2 Å². The number of amides is 2. The molecule has 4 fully saturated rings. The predicted molar refractivity (Wildman–Crippen MR) is 659 cm³/mol. The lowest BCUT2D eigenvalue weighted by molar-refractivity contribution is -0.303. The smallest absolute Gasteiger partial charge is 0.253 e. The number of carbonyl (C=O) groups excluding carboxylic acids is 2. The SMILES string of the molecule is CC#CC#CC#CC#CC#CC#CC#CC#CC#CC#CC#C[C@@H](O)[C@@H](O)C(=O)N[C@@H](COC1OC(CO)C(O)C(O)C1O)[C@H](O)[C@H](O)[C@@H](O)[C@@H](O)CCCCCCCCCCCC.CC#CC#CC#CC#CC#CC#CC#CC#CC#CC#CC#C[C@H]1OC(C)(C)O[C@H]1C(=O)N[C@@H](COC1OC(CO)C(O)C(O)C1O)[C@@H]1OC(C)(C)O[C@@H]1[C@@H](O[Si](C)(C)C(C)(C)C)[C@H](CCCCCCCCCCCC)O[Si](C)(C)C(C)(C)C.[HH].[HH].[HH].[HH].[HH].[HH].[HH].[HH].[HH].[HH].[HH].[HH].[HH].[HH].[HH].[HH].[HH].[HH].[HH].[HH].[HH].[HH].[HH].[HH].[HH].[HH].[HH].[HH].[HH].[HH].[HH].[HH].[HH].[HH].[HH].[HH].[HH].[HH].[HH].[HH].[HH].[HH].[HH].[HH]. The second-order valence-electron chi connectivity index (χ2n) is 38.8. The van der Waals surface area contributed by atoms with Crippen molar-refractivity contribution in [3.63, 3.8) is 0 Å². The van der Waals surface area contributed by atoms with Crippen LogP contribution in [0.15, 0.2) is 0 Å². The van der Waals surface area contributed by atoms with Gasteiger partial charge in [-0.05, 0) is 280 Å². The molecular weight excluding hydrogens is 1920 g/mol. The van der Waals surface area contributed by atoms with Crippen molar-refractivity contribution in [1.82, 2.24) is 10.6 Å². The highest BCUT2D eigenvalue weighted by Gasteiger charge is 2.57. The minimum atomic E-state index is -2.66. The molecule has 4 aliphatic heterocycles. The second-order valence-corrected chi connectivity index (χ2v) is 48.3. The summed E-state index contributed by atoms with van der Waals surface area (Å²) in [5.74, 6) is 106. The van der Waals surface area contributed by atoms with Crippen LogP contribution in [0, 0.1) is 260 Å². The Bertz CT molecular complexity index is 5950. The lowest BCUT2D eigenvalue weighted by Crippen LogP contribution is -2.62. The molecule has 0 aromatic heterocycles. The number of aliphatic hydroxyl groups is 14. The van der Waals surface area contributed by atoms with E-state index in [4.69, 9.17) is 46.7 Å². The van der Waals surface area contributed by atoms with E-state index >= 15 is 0 Å². The number of hydrogen-bond donors (Lipinski definition) is 16. The third-order valence-electron chi connectivity index (χ3n) is 24.2. The molecule has 10 unspecified atom stereocenters. The van der Waals surface area contributed by atoms with Crippen LogP contribution in [0.25, 0.3) is 0 Å². The van der Waals surface area contributed by atoms with Gasteiger partial charge in [0.1, 0.15) is 79.4 Å². The van der Waals surface area contributed by atoms with Crippen molar-refractivity contribution in [3.05, 3.63) is 0 Å². The number of carbonyl (C=O) groups is 2. The summed E-state index contributed by atoms with van der Waals surface area (Å²) in [7, 11) is -5.17. The number of aliphatic hydroxyl groups excluding tert-OH is 14. The van der Waals surface area contributed by atoms with Crippen LogP contribution in [0.3, 0.4) is 0 Å². The summed E-state index contributed by atoms with van der Waals surface area (Å²) in [6.07, 6.45) is -10.9. The Kier molecular flexibility index (Phi) is 63.9. The summed E-state index contributed by atoms with van der Waals surface area (Å²) < 4.78 is 64.1. The maximum absolute atomic E-state index is 14.9. The standard InChI is InChI=1S/C68H91NO13Si2.C50H55NO13.44H2/c1-17-19-21-23-25-27-29-30-31-32-33-34-35-36-37-38-39-41-42-44-46-48-53-61(79-67(9,10)77-53)63(74)69-52(51-75-64-58(73)57(72)56(71)55(50-70)76-64)59-62(80-68(11,12)78-59)60(82-84(15,16)66(6,7)8)54(81-83(13,14)65(3,4)5)49-47-45-43-40-28-26-24-22-20-18-2;1-3-5-7-9-11-13-15-16-17-18-19-20-21-22-23-24-25-27-29-31-33-35-40(54)44(57)49(62)51-38(37-63-50-48(61)47(60)45(58)41(36-52)64-50)42(55)46(59)43(56)39(53)34-32-30-28-26-14-12-10-8-6-4-2;;;;;;;;;;;;;;;;;;;;;;;;;;;;;;;;;;;;;;;;;;;;/h52-62,64,70-73H,18,20,22,24,26,28,40,43,45,47,49-51H2,1-16H3,(H,69,74);38-48,50,52-61H,4,6,8,10,12,14,26,28,30,32,34,36-37H2,1-2H3,(H,51,62);44*1H/t52-,53+,54-,55?,56?,57?,58?,59-,60-,61+,62-,64?;38-,39-,40+,41?,42-,43-,44+,45?,46-,47?,48?,50?;;;;;;;;;;;;;;;;;;;;;;;;;;;;;;;;;;;;;;;;;;;;/m00............................................/s1. The van der Waals surface area contributed by atoms with Gasteiger partial charge in [-0.25, -0.2) is 0 Å². The van der Waals surface area contributed by atoms with E-state index in [0.717, 1.165) is 51.4 Å². The van der Waals surface area contributed by atoms with Crippen LogP contribution in [0.1, 0.15) is 301 Å². The van der Waals surface area contributed by atoms with Crippen molar-refractivity contribution in [1.29, 1.82) is 0 Å². The van der Waals surface area contributed by atoms with Gasteiger partial charge in [-0.1, -0.05) is 207 Å². The van der Waals surface area contributed by atoms with Gasteiger partial charge in [-0.15, -0.1) is 0 Å². The van der Waals surface area contributed by atoms with E-state index in [1.807, 2.05) is 0 Å². The molecular formula is C118H234N2O26Si2. The molecule has 0 aromatic carbocycles.